The van der Waals surface area contributed by atoms with Gasteiger partial charge in [-0.1, -0.05) is 6.92 Å². The Morgan fingerprint density at radius 3 is 2.83 bits per heavy atom. The van der Waals surface area contributed by atoms with Crippen LogP contribution in [0.1, 0.15) is 46.0 Å². The largest absolute Gasteiger partial charge is 0.375 e. The predicted octanol–water partition coefficient (Wildman–Crippen LogP) is 1.45. The molecule has 2 rings (SSSR count). The Bertz CT molecular complexity index is 283. The van der Waals surface area contributed by atoms with Crippen molar-refractivity contribution in [3.63, 3.8) is 0 Å². The highest BCUT2D eigenvalue weighted by molar-refractivity contribution is 5.76. The van der Waals surface area contributed by atoms with E-state index < -0.39 is 0 Å². The molecule has 0 aromatic heterocycles. The minimum Gasteiger partial charge on any atom is -0.375 e. The van der Waals surface area contributed by atoms with Gasteiger partial charge in [0.25, 0.3) is 0 Å². The molecule has 1 amide bonds. The summed E-state index contributed by atoms with van der Waals surface area (Å²) < 4.78 is 5.73. The lowest BCUT2D eigenvalue weighted by Gasteiger charge is -2.30. The summed E-state index contributed by atoms with van der Waals surface area (Å²) in [7, 11) is 0. The van der Waals surface area contributed by atoms with Crippen molar-refractivity contribution in [3.8, 4) is 0 Å². The molecular weight excluding hydrogens is 228 g/mol. The van der Waals surface area contributed by atoms with E-state index in [1.54, 1.807) is 0 Å². The molecule has 0 spiro atoms. The third kappa shape index (κ3) is 3.95. The minimum absolute atomic E-state index is 0.179. The van der Waals surface area contributed by atoms with E-state index in [4.69, 9.17) is 4.74 Å². The van der Waals surface area contributed by atoms with Gasteiger partial charge in [0.2, 0.25) is 5.91 Å². The molecule has 0 aliphatic carbocycles. The van der Waals surface area contributed by atoms with Crippen LogP contribution in [0.3, 0.4) is 0 Å². The van der Waals surface area contributed by atoms with Crippen molar-refractivity contribution < 1.29 is 9.53 Å². The van der Waals surface area contributed by atoms with Gasteiger partial charge in [-0.05, 0) is 45.1 Å². The predicted molar refractivity (Wildman–Crippen MR) is 71.4 cm³/mol. The van der Waals surface area contributed by atoms with E-state index in [-0.39, 0.29) is 5.91 Å². The molecule has 2 N–H and O–H groups in total. The molecule has 104 valence electrons. The zero-order chi connectivity index (χ0) is 13.0. The highest BCUT2D eigenvalue weighted by Crippen LogP contribution is 2.22. The van der Waals surface area contributed by atoms with Crippen LogP contribution in [0.25, 0.3) is 0 Å². The Morgan fingerprint density at radius 2 is 2.17 bits per heavy atom. The van der Waals surface area contributed by atoms with Gasteiger partial charge in [-0.15, -0.1) is 0 Å². The molecule has 2 aliphatic rings. The highest BCUT2D eigenvalue weighted by Gasteiger charge is 2.25. The van der Waals surface area contributed by atoms with E-state index in [0.29, 0.717) is 30.6 Å². The van der Waals surface area contributed by atoms with Gasteiger partial charge in [0.15, 0.2) is 0 Å². The number of hydrogen-bond acceptors (Lipinski definition) is 3. The van der Waals surface area contributed by atoms with Crippen molar-refractivity contribution in [3.05, 3.63) is 0 Å². The molecule has 2 saturated heterocycles. The van der Waals surface area contributed by atoms with Crippen LogP contribution in [-0.4, -0.2) is 37.2 Å². The van der Waals surface area contributed by atoms with E-state index in [1.165, 1.54) is 0 Å². The first kappa shape index (κ1) is 13.8. The van der Waals surface area contributed by atoms with Crippen molar-refractivity contribution in [1.29, 1.82) is 0 Å². The van der Waals surface area contributed by atoms with Crippen LogP contribution < -0.4 is 10.6 Å². The number of piperidine rings is 1. The fourth-order valence-electron chi connectivity index (χ4n) is 2.85. The molecule has 4 heteroatoms. The quantitative estimate of drug-likeness (QED) is 0.798. The number of ether oxygens (including phenoxy) is 1. The summed E-state index contributed by atoms with van der Waals surface area (Å²) in [5, 5.41) is 6.48. The van der Waals surface area contributed by atoms with Crippen LogP contribution in [0, 0.1) is 5.92 Å². The summed E-state index contributed by atoms with van der Waals surface area (Å²) in [5.74, 6) is 0.761. The molecule has 0 aromatic carbocycles. The average molecular weight is 254 g/mol. The van der Waals surface area contributed by atoms with Gasteiger partial charge < -0.3 is 15.4 Å². The molecule has 0 bridgehead atoms. The first-order valence-corrected chi connectivity index (χ1v) is 7.30. The summed E-state index contributed by atoms with van der Waals surface area (Å²) in [6.07, 6.45) is 5.53. The van der Waals surface area contributed by atoms with Crippen molar-refractivity contribution >= 4 is 5.91 Å². The van der Waals surface area contributed by atoms with Crippen LogP contribution in [0.2, 0.25) is 0 Å². The maximum Gasteiger partial charge on any atom is 0.220 e. The normalized spacial score (nSPS) is 36.6. The molecule has 2 heterocycles. The number of hydrogen-bond donors (Lipinski definition) is 2. The van der Waals surface area contributed by atoms with Crippen LogP contribution in [0.5, 0.6) is 0 Å². The fourth-order valence-corrected chi connectivity index (χ4v) is 2.85. The second-order valence-electron chi connectivity index (χ2n) is 5.83. The Labute approximate surface area is 110 Å². The topological polar surface area (TPSA) is 50.4 Å². The monoisotopic (exact) mass is 254 g/mol. The molecule has 4 unspecified atom stereocenters. The first-order chi connectivity index (χ1) is 8.65. The van der Waals surface area contributed by atoms with Crippen molar-refractivity contribution in [2.45, 2.75) is 64.2 Å². The molecule has 18 heavy (non-hydrogen) atoms. The number of carbonyl (C=O) groups excluding carboxylic acids is 1. The fraction of sp³-hybridized carbons (Fsp3) is 0.929. The Balaban J connectivity index is 1.65. The van der Waals surface area contributed by atoms with Gasteiger partial charge in [-0.25, -0.2) is 0 Å². The molecule has 2 fully saturated rings. The Hall–Kier alpha value is -0.610. The summed E-state index contributed by atoms with van der Waals surface area (Å²) in [4.78, 5) is 11.9. The zero-order valence-electron chi connectivity index (χ0n) is 11.6. The average Bonchev–Trinajstić information content (AvgIpc) is 2.76. The van der Waals surface area contributed by atoms with Gasteiger partial charge >= 0.3 is 0 Å². The number of carbonyl (C=O) groups is 1. The minimum atomic E-state index is 0.179. The summed E-state index contributed by atoms with van der Waals surface area (Å²) >= 11 is 0. The number of rotatable bonds is 4. The van der Waals surface area contributed by atoms with Crippen LogP contribution >= 0.6 is 0 Å². The Morgan fingerprint density at radius 1 is 1.33 bits per heavy atom. The van der Waals surface area contributed by atoms with Crippen molar-refractivity contribution in [2.75, 3.05) is 13.1 Å². The third-order valence-electron chi connectivity index (χ3n) is 4.19. The molecular formula is C14H26N2O2. The number of nitrogens with one attached hydrogen (secondary N) is 2. The Kier molecular flexibility index (Phi) is 5.01. The van der Waals surface area contributed by atoms with E-state index in [1.807, 2.05) is 0 Å². The van der Waals surface area contributed by atoms with E-state index in [0.717, 1.165) is 38.8 Å². The van der Waals surface area contributed by atoms with E-state index >= 15 is 0 Å². The van der Waals surface area contributed by atoms with Gasteiger partial charge in [0.05, 0.1) is 12.2 Å². The van der Waals surface area contributed by atoms with Gasteiger partial charge in [0.1, 0.15) is 0 Å². The van der Waals surface area contributed by atoms with Crippen molar-refractivity contribution in [2.24, 2.45) is 5.92 Å². The van der Waals surface area contributed by atoms with E-state index in [9.17, 15) is 4.79 Å². The number of amides is 1. The lowest BCUT2D eigenvalue weighted by Crippen LogP contribution is -2.50. The van der Waals surface area contributed by atoms with Crippen LogP contribution in [-0.2, 0) is 9.53 Å². The molecule has 0 radical (unpaired) electrons. The molecule has 0 saturated carbocycles. The van der Waals surface area contributed by atoms with Gasteiger partial charge in [0, 0.05) is 19.0 Å². The molecule has 4 atom stereocenters. The molecule has 0 aromatic rings. The van der Waals surface area contributed by atoms with Crippen molar-refractivity contribution in [1.82, 2.24) is 10.6 Å². The first-order valence-electron chi connectivity index (χ1n) is 7.30. The highest BCUT2D eigenvalue weighted by atomic mass is 16.5. The molecule has 2 aliphatic heterocycles. The van der Waals surface area contributed by atoms with Crippen LogP contribution in [0.4, 0.5) is 0 Å². The third-order valence-corrected chi connectivity index (χ3v) is 4.19. The van der Waals surface area contributed by atoms with Gasteiger partial charge in [-0.2, -0.15) is 0 Å². The van der Waals surface area contributed by atoms with Crippen LogP contribution in [0.15, 0.2) is 0 Å². The van der Waals surface area contributed by atoms with Gasteiger partial charge in [-0.3, -0.25) is 4.79 Å². The maximum absolute atomic E-state index is 11.9. The maximum atomic E-state index is 11.9. The summed E-state index contributed by atoms with van der Waals surface area (Å²) in [6.45, 7) is 6.30. The second kappa shape index (κ2) is 6.53. The summed E-state index contributed by atoms with van der Waals surface area (Å²) in [5.41, 5.74) is 0. The lowest BCUT2D eigenvalue weighted by atomic mass is 9.94. The lowest BCUT2D eigenvalue weighted by molar-refractivity contribution is -0.123. The summed E-state index contributed by atoms with van der Waals surface area (Å²) in [6, 6.07) is 0.301. The second-order valence-corrected chi connectivity index (χ2v) is 5.83. The molecule has 4 nitrogen and oxygen atoms in total. The van der Waals surface area contributed by atoms with E-state index in [2.05, 4.69) is 24.5 Å². The SMILES string of the molecule is CC1CCC(CCC(=O)NC2CNCCC2C)O1. The zero-order valence-corrected chi connectivity index (χ0v) is 11.6. The standard InChI is InChI=1S/C14H26N2O2/c1-10-7-8-15-9-13(10)16-14(17)6-5-12-4-3-11(2)18-12/h10-13,15H,3-9H2,1-2H3,(H,16,17). The smallest absolute Gasteiger partial charge is 0.220 e.